The van der Waals surface area contributed by atoms with Crippen LogP contribution in [0, 0.1) is 63.6 Å². The maximum atomic E-state index is 14.2. The van der Waals surface area contributed by atoms with Crippen LogP contribution in [0.3, 0.4) is 0 Å². The standard InChI is InChI=1S/C34H48O12/c1-12(2)8-20(38)46-29-26(40)17(36)10-16-25(39)27(41)21-15(31(16,29)5)11-18(37)34(14(4)35)22-13(3)9-19-32(6,24(22)28(42)23(21)34)33(7,44)30(43)45-19/h9,12-13,15-18,21-24,26-29,36-37,40-42,44H,8,10-11H2,1-7H3/t13-,15+,16?,17+,18+,21-,22+,23-,24+,26+,27-,28-,29+,31-,32+,33-,34-/m1/s1. The van der Waals surface area contributed by atoms with E-state index in [-0.39, 0.29) is 30.9 Å². The van der Waals surface area contributed by atoms with Crippen LogP contribution in [0.2, 0.25) is 0 Å². The third-order valence-corrected chi connectivity index (χ3v) is 13.7. The number of ether oxygens (including phenoxy) is 2. The minimum atomic E-state index is -2.10. The number of Topliss-reactive ketones (excluding diaryl/α,β-unsaturated/α-hetero) is 2. The Morgan fingerprint density at radius 1 is 1.00 bits per heavy atom. The predicted octanol–water partition coefficient (Wildman–Crippen LogP) is 0.279. The first kappa shape index (κ1) is 33.7. The maximum absolute atomic E-state index is 14.2. The summed E-state index contributed by atoms with van der Waals surface area (Å²) in [7, 11) is 0. The molecule has 6 N–H and O–H groups in total. The summed E-state index contributed by atoms with van der Waals surface area (Å²) in [6.07, 6.45) is -7.72. The van der Waals surface area contributed by atoms with Crippen molar-refractivity contribution in [3.05, 3.63) is 11.8 Å². The summed E-state index contributed by atoms with van der Waals surface area (Å²) in [5.41, 5.74) is -6.71. The van der Waals surface area contributed by atoms with Gasteiger partial charge >= 0.3 is 11.9 Å². The molecule has 12 heteroatoms. The summed E-state index contributed by atoms with van der Waals surface area (Å²) in [5, 5.41) is 70.3. The fourth-order valence-corrected chi connectivity index (χ4v) is 11.5. The van der Waals surface area contributed by atoms with E-state index in [0.717, 1.165) is 0 Å². The highest BCUT2D eigenvalue weighted by Gasteiger charge is 2.81. The molecule has 256 valence electrons. The highest BCUT2D eigenvalue weighted by Crippen LogP contribution is 2.74. The molecule has 0 bridgehead atoms. The van der Waals surface area contributed by atoms with E-state index in [1.807, 2.05) is 13.8 Å². The second-order valence-electron chi connectivity index (χ2n) is 16.1. The van der Waals surface area contributed by atoms with Gasteiger partial charge in [0.2, 0.25) is 0 Å². The fourth-order valence-electron chi connectivity index (χ4n) is 11.5. The lowest BCUT2D eigenvalue weighted by atomic mass is 9.41. The van der Waals surface area contributed by atoms with Crippen molar-refractivity contribution in [3.63, 3.8) is 0 Å². The topological polar surface area (TPSA) is 208 Å². The molecule has 12 nitrogen and oxygen atoms in total. The number of aliphatic hydroxyl groups is 6. The SMILES string of the molecule is CC(=O)[C@@]12[C@@H]3[C@@H]([C@H](O)[C@H]1[C@@H]1[C@@H](O)C(=O)C4C[C@H](O)[C@H](O)[C@H](OC(=O)CC(C)C)[C@]4(C)[C@H]1C[C@@H]2O)[C@]1(C)C(=C[C@H]3C)OC(=O)[C@@]1(C)O. The Labute approximate surface area is 268 Å². The quantitative estimate of drug-likeness (QED) is 0.227. The highest BCUT2D eigenvalue weighted by molar-refractivity contribution is 5.90. The minimum absolute atomic E-state index is 0.0119. The summed E-state index contributed by atoms with van der Waals surface area (Å²) in [6.45, 7) is 11.3. The molecule has 1 saturated heterocycles. The molecule has 0 aromatic heterocycles. The Morgan fingerprint density at radius 3 is 2.22 bits per heavy atom. The second kappa shape index (κ2) is 10.4. The van der Waals surface area contributed by atoms with Crippen LogP contribution >= 0.6 is 0 Å². The van der Waals surface area contributed by atoms with E-state index in [9.17, 15) is 49.8 Å². The van der Waals surface area contributed by atoms with Crippen molar-refractivity contribution in [1.29, 1.82) is 0 Å². The number of carbonyl (C=O) groups is 4. The molecule has 5 aliphatic carbocycles. The van der Waals surface area contributed by atoms with Gasteiger partial charge in [-0.25, -0.2) is 4.79 Å². The number of aliphatic hydroxyl groups excluding tert-OH is 5. The zero-order valence-electron chi connectivity index (χ0n) is 27.4. The maximum Gasteiger partial charge on any atom is 0.343 e. The van der Waals surface area contributed by atoms with Crippen molar-refractivity contribution in [2.45, 2.75) is 110 Å². The zero-order valence-corrected chi connectivity index (χ0v) is 27.4. The molecule has 0 radical (unpaired) electrons. The van der Waals surface area contributed by atoms with E-state index in [0.29, 0.717) is 0 Å². The largest absolute Gasteiger partial charge is 0.459 e. The Bertz CT molecular complexity index is 1390. The molecule has 1 aliphatic heterocycles. The van der Waals surface area contributed by atoms with Gasteiger partial charge < -0.3 is 40.1 Å². The van der Waals surface area contributed by atoms with Crippen molar-refractivity contribution in [2.24, 2.45) is 63.6 Å². The van der Waals surface area contributed by atoms with Gasteiger partial charge in [-0.15, -0.1) is 0 Å². The molecule has 46 heavy (non-hydrogen) atoms. The average molecular weight is 649 g/mol. The average Bonchev–Trinajstić information content (AvgIpc) is 3.34. The number of carbonyl (C=O) groups excluding carboxylic acids is 4. The zero-order chi connectivity index (χ0) is 34.2. The van der Waals surface area contributed by atoms with Crippen LogP contribution in [-0.2, 0) is 28.7 Å². The van der Waals surface area contributed by atoms with Gasteiger partial charge in [-0.3, -0.25) is 14.4 Å². The Morgan fingerprint density at radius 2 is 1.63 bits per heavy atom. The van der Waals surface area contributed by atoms with Crippen molar-refractivity contribution < 1.29 is 59.3 Å². The van der Waals surface area contributed by atoms with Crippen LogP contribution < -0.4 is 0 Å². The Kier molecular flexibility index (Phi) is 7.61. The third-order valence-electron chi connectivity index (χ3n) is 13.7. The summed E-state index contributed by atoms with van der Waals surface area (Å²) in [4.78, 5) is 54.2. The molecule has 1 heterocycles. The van der Waals surface area contributed by atoms with Gasteiger partial charge in [-0.2, -0.15) is 0 Å². The molecule has 6 rings (SSSR count). The van der Waals surface area contributed by atoms with Crippen LogP contribution in [0.15, 0.2) is 11.8 Å². The summed E-state index contributed by atoms with van der Waals surface area (Å²) in [5.74, 6) is -9.23. The van der Waals surface area contributed by atoms with Gasteiger partial charge in [0, 0.05) is 35.5 Å². The first-order chi connectivity index (χ1) is 21.2. The van der Waals surface area contributed by atoms with E-state index in [1.165, 1.54) is 13.8 Å². The summed E-state index contributed by atoms with van der Waals surface area (Å²) >= 11 is 0. The second-order valence-corrected chi connectivity index (χ2v) is 16.1. The minimum Gasteiger partial charge on any atom is -0.459 e. The van der Waals surface area contributed by atoms with Crippen molar-refractivity contribution in [1.82, 2.24) is 0 Å². The van der Waals surface area contributed by atoms with Crippen LogP contribution in [0.5, 0.6) is 0 Å². The Hall–Kier alpha value is -2.22. The third kappa shape index (κ3) is 3.82. The van der Waals surface area contributed by atoms with Crippen LogP contribution in [-0.4, -0.2) is 96.4 Å². The van der Waals surface area contributed by atoms with Gasteiger partial charge in [0.25, 0.3) is 0 Å². The number of esters is 2. The van der Waals surface area contributed by atoms with E-state index in [1.54, 1.807) is 26.8 Å². The molecule has 0 amide bonds. The van der Waals surface area contributed by atoms with Crippen molar-refractivity contribution in [3.8, 4) is 0 Å². The van der Waals surface area contributed by atoms with Gasteiger partial charge in [0.05, 0.1) is 29.1 Å². The number of hydrogen-bond acceptors (Lipinski definition) is 12. The molecule has 0 spiro atoms. The molecule has 4 saturated carbocycles. The number of ketones is 2. The van der Waals surface area contributed by atoms with Crippen LogP contribution in [0.4, 0.5) is 0 Å². The molecular formula is C34H48O12. The fraction of sp³-hybridized carbons (Fsp3) is 0.824. The first-order valence-corrected chi connectivity index (χ1v) is 16.5. The normalized spacial score (nSPS) is 54.1. The van der Waals surface area contributed by atoms with E-state index in [4.69, 9.17) is 9.47 Å². The lowest BCUT2D eigenvalue weighted by Crippen LogP contribution is -2.73. The molecule has 17 atom stereocenters. The van der Waals surface area contributed by atoms with E-state index in [2.05, 4.69) is 0 Å². The summed E-state index contributed by atoms with van der Waals surface area (Å²) < 4.78 is 11.4. The van der Waals surface area contributed by atoms with Gasteiger partial charge in [-0.05, 0) is 63.4 Å². The molecule has 0 aromatic rings. The Balaban J connectivity index is 1.54. The van der Waals surface area contributed by atoms with Gasteiger partial charge in [-0.1, -0.05) is 27.7 Å². The monoisotopic (exact) mass is 648 g/mol. The van der Waals surface area contributed by atoms with Crippen molar-refractivity contribution >= 4 is 23.5 Å². The number of fused-ring (bicyclic) bond motifs is 9. The predicted molar refractivity (Wildman–Crippen MR) is 158 cm³/mol. The molecule has 1 unspecified atom stereocenters. The lowest BCUT2D eigenvalue weighted by molar-refractivity contribution is -0.256. The van der Waals surface area contributed by atoms with Gasteiger partial charge in [0.1, 0.15) is 29.9 Å². The molecule has 6 aliphatic rings. The number of rotatable bonds is 4. The van der Waals surface area contributed by atoms with E-state index < -0.39 is 123 Å². The van der Waals surface area contributed by atoms with E-state index >= 15 is 0 Å². The number of allylic oxidation sites excluding steroid dienone is 1. The first-order valence-electron chi connectivity index (χ1n) is 16.5. The number of hydrogen-bond donors (Lipinski definition) is 6. The smallest absolute Gasteiger partial charge is 0.343 e. The van der Waals surface area contributed by atoms with Gasteiger partial charge in [0.15, 0.2) is 11.4 Å². The van der Waals surface area contributed by atoms with Crippen molar-refractivity contribution in [2.75, 3.05) is 0 Å². The highest BCUT2D eigenvalue weighted by atomic mass is 16.6. The molecule has 0 aromatic carbocycles. The lowest BCUT2D eigenvalue weighted by Gasteiger charge is -2.64. The molecule has 5 fully saturated rings. The summed E-state index contributed by atoms with van der Waals surface area (Å²) in [6, 6.07) is 0. The van der Waals surface area contributed by atoms with Crippen LogP contribution in [0.25, 0.3) is 0 Å². The molecular weight excluding hydrogens is 600 g/mol. The van der Waals surface area contributed by atoms with Crippen LogP contribution in [0.1, 0.15) is 67.7 Å².